The lowest BCUT2D eigenvalue weighted by molar-refractivity contribution is 0.408. The van der Waals surface area contributed by atoms with Crippen LogP contribution in [0, 0.1) is 12.8 Å². The molecule has 0 saturated carbocycles. The van der Waals surface area contributed by atoms with Crippen LogP contribution in [0.1, 0.15) is 25.1 Å². The molecule has 4 nitrogen and oxygen atoms in total. The third-order valence-corrected chi connectivity index (χ3v) is 3.02. The fourth-order valence-electron chi connectivity index (χ4n) is 2.05. The van der Waals surface area contributed by atoms with Crippen molar-refractivity contribution in [1.29, 1.82) is 0 Å². The standard InChI is InChI=1S/C15H28N4/c1-12(2)11-19(9-8-18(4)5)15-14(10-16)7-6-13(3)17-15/h6-7,12H,8-11,16H2,1-5H3. The van der Waals surface area contributed by atoms with E-state index in [0.29, 0.717) is 12.5 Å². The van der Waals surface area contributed by atoms with E-state index in [0.717, 1.165) is 36.7 Å². The Balaban J connectivity index is 2.97. The second-order valence-electron chi connectivity index (χ2n) is 5.78. The fraction of sp³-hybridized carbons (Fsp3) is 0.667. The van der Waals surface area contributed by atoms with Gasteiger partial charge in [0, 0.05) is 37.4 Å². The number of anilines is 1. The lowest BCUT2D eigenvalue weighted by Gasteiger charge is -2.29. The van der Waals surface area contributed by atoms with Crippen molar-refractivity contribution in [3.05, 3.63) is 23.4 Å². The summed E-state index contributed by atoms with van der Waals surface area (Å²) < 4.78 is 0. The first-order valence-electron chi connectivity index (χ1n) is 7.00. The van der Waals surface area contributed by atoms with Crippen LogP contribution in [-0.2, 0) is 6.54 Å². The van der Waals surface area contributed by atoms with Crippen LogP contribution < -0.4 is 10.6 Å². The van der Waals surface area contributed by atoms with Crippen LogP contribution in [0.3, 0.4) is 0 Å². The van der Waals surface area contributed by atoms with Crippen LogP contribution >= 0.6 is 0 Å². The number of nitrogens with zero attached hydrogens (tertiary/aromatic N) is 3. The Morgan fingerprint density at radius 3 is 2.42 bits per heavy atom. The highest BCUT2D eigenvalue weighted by atomic mass is 15.2. The van der Waals surface area contributed by atoms with E-state index >= 15 is 0 Å². The van der Waals surface area contributed by atoms with Gasteiger partial charge in [0.15, 0.2) is 0 Å². The van der Waals surface area contributed by atoms with Gasteiger partial charge in [0.2, 0.25) is 0 Å². The predicted octanol–water partition coefficient (Wildman–Crippen LogP) is 1.87. The molecule has 108 valence electrons. The minimum absolute atomic E-state index is 0.541. The number of pyridine rings is 1. The molecule has 0 fully saturated rings. The normalized spacial score (nSPS) is 11.4. The second-order valence-corrected chi connectivity index (χ2v) is 5.78. The molecule has 0 radical (unpaired) electrons. The Labute approximate surface area is 117 Å². The molecule has 0 unspecified atom stereocenters. The fourth-order valence-corrected chi connectivity index (χ4v) is 2.05. The minimum Gasteiger partial charge on any atom is -0.355 e. The van der Waals surface area contributed by atoms with Gasteiger partial charge in [0.1, 0.15) is 5.82 Å². The third-order valence-electron chi connectivity index (χ3n) is 3.02. The Morgan fingerprint density at radius 1 is 1.21 bits per heavy atom. The van der Waals surface area contributed by atoms with Gasteiger partial charge in [-0.15, -0.1) is 0 Å². The highest BCUT2D eigenvalue weighted by molar-refractivity contribution is 5.47. The molecule has 0 amide bonds. The molecule has 19 heavy (non-hydrogen) atoms. The van der Waals surface area contributed by atoms with E-state index in [2.05, 4.69) is 43.8 Å². The highest BCUT2D eigenvalue weighted by Crippen LogP contribution is 2.19. The highest BCUT2D eigenvalue weighted by Gasteiger charge is 2.14. The van der Waals surface area contributed by atoms with Crippen LogP contribution in [0.15, 0.2) is 12.1 Å². The summed E-state index contributed by atoms with van der Waals surface area (Å²) in [5, 5.41) is 0. The number of rotatable bonds is 7. The smallest absolute Gasteiger partial charge is 0.133 e. The number of hydrogen-bond acceptors (Lipinski definition) is 4. The maximum Gasteiger partial charge on any atom is 0.133 e. The monoisotopic (exact) mass is 264 g/mol. The number of aryl methyl sites for hydroxylation is 1. The molecule has 1 heterocycles. The molecule has 4 heteroatoms. The lowest BCUT2D eigenvalue weighted by Crippen LogP contribution is -2.36. The van der Waals surface area contributed by atoms with Crippen molar-refractivity contribution in [1.82, 2.24) is 9.88 Å². The lowest BCUT2D eigenvalue weighted by atomic mass is 10.1. The van der Waals surface area contributed by atoms with E-state index in [-0.39, 0.29) is 0 Å². The van der Waals surface area contributed by atoms with E-state index in [1.807, 2.05) is 13.0 Å². The average Bonchev–Trinajstić information content (AvgIpc) is 2.33. The summed E-state index contributed by atoms with van der Waals surface area (Å²) in [7, 11) is 4.20. The van der Waals surface area contributed by atoms with Crippen LogP contribution in [0.5, 0.6) is 0 Å². The van der Waals surface area contributed by atoms with Gasteiger partial charge in [-0.2, -0.15) is 0 Å². The first-order chi connectivity index (χ1) is 8.93. The quantitative estimate of drug-likeness (QED) is 0.816. The zero-order valence-electron chi connectivity index (χ0n) is 13.0. The summed E-state index contributed by atoms with van der Waals surface area (Å²) in [6, 6.07) is 4.13. The topological polar surface area (TPSA) is 45.4 Å². The van der Waals surface area contributed by atoms with Crippen molar-refractivity contribution in [2.45, 2.75) is 27.3 Å². The average molecular weight is 264 g/mol. The molecule has 0 spiro atoms. The molecule has 1 rings (SSSR count). The van der Waals surface area contributed by atoms with Gasteiger partial charge < -0.3 is 15.5 Å². The maximum absolute atomic E-state index is 5.85. The molecule has 0 aliphatic heterocycles. The second kappa shape index (κ2) is 7.46. The Hall–Kier alpha value is -1.13. The molecule has 0 bridgehead atoms. The van der Waals surface area contributed by atoms with Gasteiger partial charge >= 0.3 is 0 Å². The maximum atomic E-state index is 5.85. The molecular weight excluding hydrogens is 236 g/mol. The van der Waals surface area contributed by atoms with Gasteiger partial charge in [-0.1, -0.05) is 19.9 Å². The van der Waals surface area contributed by atoms with Gasteiger partial charge in [-0.3, -0.25) is 0 Å². The summed E-state index contributed by atoms with van der Waals surface area (Å²) in [6.07, 6.45) is 0. The van der Waals surface area contributed by atoms with Crippen LogP contribution in [0.2, 0.25) is 0 Å². The van der Waals surface area contributed by atoms with E-state index < -0.39 is 0 Å². The number of aromatic nitrogens is 1. The molecule has 0 atom stereocenters. The van der Waals surface area contributed by atoms with Gasteiger partial charge in [0.25, 0.3) is 0 Å². The zero-order valence-corrected chi connectivity index (χ0v) is 13.0. The Morgan fingerprint density at radius 2 is 1.89 bits per heavy atom. The number of likely N-dealkylation sites (N-methyl/N-ethyl adjacent to an activating group) is 1. The summed E-state index contributed by atoms with van der Waals surface area (Å²) in [4.78, 5) is 9.26. The van der Waals surface area contributed by atoms with Gasteiger partial charge in [0.05, 0.1) is 0 Å². The van der Waals surface area contributed by atoms with Crippen molar-refractivity contribution in [2.24, 2.45) is 11.7 Å². The third kappa shape index (κ3) is 5.17. The number of nitrogens with two attached hydrogens (primary N) is 1. The Bertz CT molecular complexity index is 388. The molecule has 1 aromatic rings. The SMILES string of the molecule is Cc1ccc(CN)c(N(CCN(C)C)CC(C)C)n1. The summed E-state index contributed by atoms with van der Waals surface area (Å²) in [5.41, 5.74) is 8.02. The zero-order chi connectivity index (χ0) is 14.4. The first kappa shape index (κ1) is 15.9. The van der Waals surface area contributed by atoms with Crippen molar-refractivity contribution in [3.63, 3.8) is 0 Å². The van der Waals surface area contributed by atoms with Crippen LogP contribution in [-0.4, -0.2) is 43.6 Å². The minimum atomic E-state index is 0.541. The molecule has 0 saturated heterocycles. The van der Waals surface area contributed by atoms with Gasteiger partial charge in [-0.05, 0) is 33.0 Å². The van der Waals surface area contributed by atoms with Crippen molar-refractivity contribution in [2.75, 3.05) is 38.6 Å². The first-order valence-corrected chi connectivity index (χ1v) is 7.00. The molecule has 0 aliphatic rings. The molecule has 0 aromatic carbocycles. The predicted molar refractivity (Wildman–Crippen MR) is 82.5 cm³/mol. The molecular formula is C15H28N4. The molecule has 0 aliphatic carbocycles. The summed E-state index contributed by atoms with van der Waals surface area (Å²) in [6.45, 7) is 10.1. The van der Waals surface area contributed by atoms with E-state index in [4.69, 9.17) is 10.7 Å². The van der Waals surface area contributed by atoms with Crippen molar-refractivity contribution >= 4 is 5.82 Å². The van der Waals surface area contributed by atoms with Crippen molar-refractivity contribution in [3.8, 4) is 0 Å². The summed E-state index contributed by atoms with van der Waals surface area (Å²) in [5.74, 6) is 1.66. The van der Waals surface area contributed by atoms with Crippen LogP contribution in [0.25, 0.3) is 0 Å². The molecule has 2 N–H and O–H groups in total. The summed E-state index contributed by atoms with van der Waals surface area (Å²) >= 11 is 0. The van der Waals surface area contributed by atoms with Gasteiger partial charge in [-0.25, -0.2) is 4.98 Å². The van der Waals surface area contributed by atoms with E-state index in [9.17, 15) is 0 Å². The van der Waals surface area contributed by atoms with Crippen LogP contribution in [0.4, 0.5) is 5.82 Å². The Kier molecular flexibility index (Phi) is 6.25. The largest absolute Gasteiger partial charge is 0.355 e. The number of hydrogen-bond donors (Lipinski definition) is 1. The molecule has 1 aromatic heterocycles. The van der Waals surface area contributed by atoms with E-state index in [1.165, 1.54) is 0 Å². The van der Waals surface area contributed by atoms with E-state index in [1.54, 1.807) is 0 Å². The van der Waals surface area contributed by atoms with Crippen molar-refractivity contribution < 1.29 is 0 Å².